The zero-order valence-corrected chi connectivity index (χ0v) is 9.32. The minimum atomic E-state index is -0.0352. The molecule has 1 aromatic carbocycles. The lowest BCUT2D eigenvalue weighted by molar-refractivity contribution is 0.0781. The van der Waals surface area contributed by atoms with E-state index in [-0.39, 0.29) is 5.91 Å². The number of hydrogen-bond donors (Lipinski definition) is 0. The number of rotatable bonds is 2. The molecule has 1 aliphatic rings. The Bertz CT molecular complexity index is 454. The molecule has 1 aliphatic heterocycles. The molecule has 1 aromatic rings. The molecule has 0 spiro atoms. The molecule has 4 nitrogen and oxygen atoms in total. The van der Waals surface area contributed by atoms with Crippen molar-refractivity contribution in [3.63, 3.8) is 0 Å². The maximum atomic E-state index is 11.9. The van der Waals surface area contributed by atoms with Gasteiger partial charge in [-0.25, -0.2) is 0 Å². The smallest absolute Gasteiger partial charge is 0.253 e. The fourth-order valence-electron chi connectivity index (χ4n) is 1.91. The van der Waals surface area contributed by atoms with Crippen LogP contribution in [0.2, 0.25) is 0 Å². The minimum absolute atomic E-state index is 0.0352. The van der Waals surface area contributed by atoms with E-state index < -0.39 is 0 Å². The van der Waals surface area contributed by atoms with Crippen molar-refractivity contribution in [2.45, 2.75) is 6.42 Å². The Morgan fingerprint density at radius 3 is 2.81 bits per heavy atom. The lowest BCUT2D eigenvalue weighted by Gasteiger charge is -2.25. The summed E-state index contributed by atoms with van der Waals surface area (Å²) in [7, 11) is 3.28. The molecule has 1 heterocycles. The average Bonchev–Trinajstić information content (AvgIpc) is 2.32. The van der Waals surface area contributed by atoms with Crippen LogP contribution < -0.4 is 4.74 Å². The Labute approximate surface area is 93.8 Å². The Kier molecular flexibility index (Phi) is 2.64. The van der Waals surface area contributed by atoms with Gasteiger partial charge in [-0.3, -0.25) is 9.59 Å². The summed E-state index contributed by atoms with van der Waals surface area (Å²) >= 11 is 0. The summed E-state index contributed by atoms with van der Waals surface area (Å²) in [5.74, 6) is 0.498. The number of amides is 1. The van der Waals surface area contributed by atoms with Crippen LogP contribution in [0.15, 0.2) is 12.1 Å². The molecule has 0 unspecified atom stereocenters. The first-order chi connectivity index (χ1) is 7.67. The van der Waals surface area contributed by atoms with Crippen LogP contribution in [-0.4, -0.2) is 37.8 Å². The SMILES string of the molecule is COc1cc2c(cc1C=O)C(=O)N(C)CC2. The van der Waals surface area contributed by atoms with Crippen molar-refractivity contribution in [1.29, 1.82) is 0 Å². The second-order valence-corrected chi connectivity index (χ2v) is 3.85. The Morgan fingerprint density at radius 1 is 1.44 bits per heavy atom. The number of hydrogen-bond acceptors (Lipinski definition) is 3. The van der Waals surface area contributed by atoms with E-state index in [2.05, 4.69) is 0 Å². The molecule has 1 amide bonds. The van der Waals surface area contributed by atoms with Crippen LogP contribution in [0, 0.1) is 0 Å². The van der Waals surface area contributed by atoms with Crippen molar-refractivity contribution < 1.29 is 14.3 Å². The quantitative estimate of drug-likeness (QED) is 0.701. The number of benzene rings is 1. The van der Waals surface area contributed by atoms with Gasteiger partial charge in [0.15, 0.2) is 6.29 Å². The average molecular weight is 219 g/mol. The number of fused-ring (bicyclic) bond motifs is 1. The zero-order valence-electron chi connectivity index (χ0n) is 9.32. The van der Waals surface area contributed by atoms with E-state index in [9.17, 15) is 9.59 Å². The molecule has 84 valence electrons. The van der Waals surface area contributed by atoms with Gasteiger partial charge >= 0.3 is 0 Å². The van der Waals surface area contributed by atoms with E-state index in [0.29, 0.717) is 29.7 Å². The van der Waals surface area contributed by atoms with Gasteiger partial charge in [-0.05, 0) is 24.1 Å². The molecule has 2 rings (SSSR count). The largest absolute Gasteiger partial charge is 0.496 e. The maximum absolute atomic E-state index is 11.9. The van der Waals surface area contributed by atoms with E-state index in [1.165, 1.54) is 7.11 Å². The van der Waals surface area contributed by atoms with Crippen LogP contribution in [0.3, 0.4) is 0 Å². The van der Waals surface area contributed by atoms with Crippen LogP contribution in [-0.2, 0) is 6.42 Å². The summed E-state index contributed by atoms with van der Waals surface area (Å²) in [6.45, 7) is 0.704. The highest BCUT2D eigenvalue weighted by atomic mass is 16.5. The Hall–Kier alpha value is -1.84. The molecule has 0 saturated heterocycles. The van der Waals surface area contributed by atoms with E-state index in [1.54, 1.807) is 24.1 Å². The van der Waals surface area contributed by atoms with Crippen molar-refractivity contribution in [2.24, 2.45) is 0 Å². The van der Waals surface area contributed by atoms with Crippen LogP contribution >= 0.6 is 0 Å². The van der Waals surface area contributed by atoms with Crippen LogP contribution in [0.5, 0.6) is 5.75 Å². The lowest BCUT2D eigenvalue weighted by atomic mass is 9.96. The topological polar surface area (TPSA) is 46.6 Å². The summed E-state index contributed by atoms with van der Waals surface area (Å²) in [5, 5.41) is 0. The van der Waals surface area contributed by atoms with Crippen molar-refractivity contribution >= 4 is 12.2 Å². The van der Waals surface area contributed by atoms with Gasteiger partial charge in [-0.15, -0.1) is 0 Å². The van der Waals surface area contributed by atoms with E-state index in [0.717, 1.165) is 12.0 Å². The molecular formula is C12H13NO3. The summed E-state index contributed by atoms with van der Waals surface area (Å²) in [5.41, 5.74) is 1.98. The number of nitrogens with zero attached hydrogens (tertiary/aromatic N) is 1. The number of methoxy groups -OCH3 is 1. The molecule has 16 heavy (non-hydrogen) atoms. The second-order valence-electron chi connectivity index (χ2n) is 3.85. The van der Waals surface area contributed by atoms with Gasteiger partial charge in [0.2, 0.25) is 0 Å². The van der Waals surface area contributed by atoms with Crippen LogP contribution in [0.1, 0.15) is 26.3 Å². The molecule has 0 aliphatic carbocycles. The predicted octanol–water partition coefficient (Wildman–Crippen LogP) is 1.14. The lowest BCUT2D eigenvalue weighted by Crippen LogP contribution is -2.34. The summed E-state index contributed by atoms with van der Waals surface area (Å²) in [4.78, 5) is 24.4. The highest BCUT2D eigenvalue weighted by Crippen LogP contribution is 2.26. The van der Waals surface area contributed by atoms with Gasteiger partial charge in [0.1, 0.15) is 5.75 Å². The molecule has 0 saturated carbocycles. The molecule has 4 heteroatoms. The van der Waals surface area contributed by atoms with Gasteiger partial charge in [-0.1, -0.05) is 0 Å². The highest BCUT2D eigenvalue weighted by Gasteiger charge is 2.23. The third kappa shape index (κ3) is 1.56. The number of aldehydes is 1. The molecular weight excluding hydrogens is 206 g/mol. The number of likely N-dealkylation sites (N-methyl/N-ethyl adjacent to an activating group) is 1. The Balaban J connectivity index is 2.56. The third-order valence-corrected chi connectivity index (χ3v) is 2.88. The van der Waals surface area contributed by atoms with Crippen LogP contribution in [0.4, 0.5) is 0 Å². The van der Waals surface area contributed by atoms with Gasteiger partial charge in [-0.2, -0.15) is 0 Å². The van der Waals surface area contributed by atoms with Crippen LogP contribution in [0.25, 0.3) is 0 Å². The first kappa shape index (κ1) is 10.7. The monoisotopic (exact) mass is 219 g/mol. The van der Waals surface area contributed by atoms with Gasteiger partial charge in [0, 0.05) is 19.2 Å². The van der Waals surface area contributed by atoms with Crippen molar-refractivity contribution in [3.05, 3.63) is 28.8 Å². The fourth-order valence-corrected chi connectivity index (χ4v) is 1.91. The third-order valence-electron chi connectivity index (χ3n) is 2.88. The van der Waals surface area contributed by atoms with Gasteiger partial charge in [0.05, 0.1) is 12.7 Å². The van der Waals surface area contributed by atoms with Crippen molar-refractivity contribution in [2.75, 3.05) is 20.7 Å². The number of carbonyl (C=O) groups excluding carboxylic acids is 2. The van der Waals surface area contributed by atoms with Gasteiger partial charge < -0.3 is 9.64 Å². The fraction of sp³-hybridized carbons (Fsp3) is 0.333. The normalized spacial score (nSPS) is 14.6. The zero-order chi connectivity index (χ0) is 11.7. The number of ether oxygens (including phenoxy) is 1. The van der Waals surface area contributed by atoms with Crippen molar-refractivity contribution in [3.8, 4) is 5.75 Å². The summed E-state index contributed by atoms with van der Waals surface area (Å²) < 4.78 is 5.11. The van der Waals surface area contributed by atoms with E-state index >= 15 is 0 Å². The molecule has 0 N–H and O–H groups in total. The minimum Gasteiger partial charge on any atom is -0.496 e. The Morgan fingerprint density at radius 2 is 2.19 bits per heavy atom. The standard InChI is InChI=1S/C12H13NO3/c1-13-4-3-8-6-11(16-2)9(7-14)5-10(8)12(13)15/h5-7H,3-4H2,1-2H3. The molecule has 0 bridgehead atoms. The van der Waals surface area contributed by atoms with E-state index in [4.69, 9.17) is 4.74 Å². The van der Waals surface area contributed by atoms with E-state index in [1.807, 2.05) is 0 Å². The molecule has 0 fully saturated rings. The molecule has 0 aromatic heterocycles. The van der Waals surface area contributed by atoms with Gasteiger partial charge in [0.25, 0.3) is 5.91 Å². The first-order valence-electron chi connectivity index (χ1n) is 5.09. The molecule has 0 radical (unpaired) electrons. The second kappa shape index (κ2) is 3.96. The molecule has 0 atom stereocenters. The van der Waals surface area contributed by atoms with Crippen molar-refractivity contribution in [1.82, 2.24) is 4.90 Å². The predicted molar refractivity (Wildman–Crippen MR) is 59.0 cm³/mol. The summed E-state index contributed by atoms with van der Waals surface area (Å²) in [6.07, 6.45) is 1.51. The summed E-state index contributed by atoms with van der Waals surface area (Å²) in [6, 6.07) is 3.39. The maximum Gasteiger partial charge on any atom is 0.253 e. The highest BCUT2D eigenvalue weighted by molar-refractivity contribution is 5.98. The number of carbonyl (C=O) groups is 2. The first-order valence-corrected chi connectivity index (χ1v) is 5.09.